The van der Waals surface area contributed by atoms with Crippen LogP contribution in [0, 0.1) is 0 Å². The molecule has 9 heteroatoms. The number of hydrogen-bond donors (Lipinski definition) is 1. The van der Waals surface area contributed by atoms with E-state index in [0.29, 0.717) is 30.2 Å². The van der Waals surface area contributed by atoms with Gasteiger partial charge in [0.05, 0.1) is 25.3 Å². The Hall–Kier alpha value is -2.91. The summed E-state index contributed by atoms with van der Waals surface area (Å²) in [7, 11) is -0.545. The first-order chi connectivity index (χ1) is 14.0. The number of carbonyl (C=O) groups is 1. The van der Waals surface area contributed by atoms with E-state index in [0.717, 1.165) is 12.8 Å². The minimum Gasteiger partial charge on any atom is -0.493 e. The molecular weight excluding hydrogens is 394 g/mol. The van der Waals surface area contributed by atoms with Crippen LogP contribution in [0.1, 0.15) is 28.8 Å². The molecule has 1 aliphatic heterocycles. The Bertz CT molecular complexity index is 1010. The van der Waals surface area contributed by atoms with Crippen molar-refractivity contribution in [2.45, 2.75) is 17.7 Å². The Labute approximate surface area is 170 Å². The quantitative estimate of drug-likeness (QED) is 0.551. The fourth-order valence-electron chi connectivity index (χ4n) is 3.11. The Morgan fingerprint density at radius 3 is 2.52 bits per heavy atom. The van der Waals surface area contributed by atoms with Crippen molar-refractivity contribution in [3.8, 4) is 11.5 Å². The number of benzene rings is 2. The zero-order chi connectivity index (χ0) is 20.9. The summed E-state index contributed by atoms with van der Waals surface area (Å²) in [6, 6.07) is 11.2. The average molecular weight is 417 g/mol. The highest BCUT2D eigenvalue weighted by Gasteiger charge is 2.27. The number of methoxy groups -OCH3 is 2. The van der Waals surface area contributed by atoms with Crippen molar-refractivity contribution in [1.82, 2.24) is 9.73 Å². The molecule has 154 valence electrons. The number of nitrogens with zero attached hydrogens (tertiary/aromatic N) is 2. The minimum absolute atomic E-state index is 0.102. The molecular formula is C20H23N3O5S. The highest BCUT2D eigenvalue weighted by atomic mass is 32.2. The third-order valence-electron chi connectivity index (χ3n) is 4.60. The molecule has 0 bridgehead atoms. The van der Waals surface area contributed by atoms with Crippen LogP contribution in [0.3, 0.4) is 0 Å². The summed E-state index contributed by atoms with van der Waals surface area (Å²) in [5.74, 6) is 0.524. The number of ether oxygens (including phenoxy) is 2. The van der Waals surface area contributed by atoms with Gasteiger partial charge >= 0.3 is 0 Å². The van der Waals surface area contributed by atoms with Crippen LogP contribution in [0.5, 0.6) is 11.5 Å². The molecule has 0 aromatic heterocycles. The van der Waals surface area contributed by atoms with Gasteiger partial charge in [-0.15, -0.1) is 0 Å². The Morgan fingerprint density at radius 1 is 1.10 bits per heavy atom. The normalized spacial score (nSPS) is 14.8. The second kappa shape index (κ2) is 9.06. The van der Waals surface area contributed by atoms with Crippen LogP contribution in [0.4, 0.5) is 0 Å². The molecule has 1 N–H and O–H groups in total. The van der Waals surface area contributed by atoms with Gasteiger partial charge in [0, 0.05) is 24.2 Å². The molecule has 29 heavy (non-hydrogen) atoms. The van der Waals surface area contributed by atoms with Gasteiger partial charge in [-0.3, -0.25) is 4.79 Å². The number of hydrazone groups is 1. The van der Waals surface area contributed by atoms with Gasteiger partial charge in [0.1, 0.15) is 0 Å². The lowest BCUT2D eigenvalue weighted by Gasteiger charge is -2.15. The molecule has 1 heterocycles. The number of amides is 1. The molecule has 1 aliphatic rings. The number of hydrogen-bond acceptors (Lipinski definition) is 6. The van der Waals surface area contributed by atoms with E-state index in [9.17, 15) is 13.2 Å². The Morgan fingerprint density at radius 2 is 1.83 bits per heavy atom. The molecule has 1 amide bonds. The predicted molar refractivity (Wildman–Crippen MR) is 109 cm³/mol. The number of rotatable bonds is 7. The van der Waals surface area contributed by atoms with E-state index in [4.69, 9.17) is 9.47 Å². The zero-order valence-corrected chi connectivity index (χ0v) is 17.1. The monoisotopic (exact) mass is 417 g/mol. The summed E-state index contributed by atoms with van der Waals surface area (Å²) in [5, 5.41) is 3.95. The second-order valence-electron chi connectivity index (χ2n) is 6.42. The van der Waals surface area contributed by atoms with Crippen LogP contribution < -0.4 is 14.9 Å². The SMILES string of the molecule is COc1cccc(/C=N\NC(=O)c2cccc(S(=O)(=O)N3CCCC3)c2)c1OC. The van der Waals surface area contributed by atoms with Crippen molar-refractivity contribution in [3.05, 3.63) is 53.6 Å². The smallest absolute Gasteiger partial charge is 0.271 e. The van der Waals surface area contributed by atoms with Crippen molar-refractivity contribution in [1.29, 1.82) is 0 Å². The number of carbonyl (C=O) groups excluding carboxylic acids is 1. The first-order valence-electron chi connectivity index (χ1n) is 9.12. The first kappa shape index (κ1) is 20.8. The molecule has 0 radical (unpaired) electrons. The van der Waals surface area contributed by atoms with E-state index in [1.807, 2.05) is 0 Å². The molecule has 2 aromatic carbocycles. The van der Waals surface area contributed by atoms with Crippen LogP contribution in [0.2, 0.25) is 0 Å². The van der Waals surface area contributed by atoms with E-state index >= 15 is 0 Å². The maximum atomic E-state index is 12.7. The molecule has 0 aliphatic carbocycles. The molecule has 2 aromatic rings. The summed E-state index contributed by atoms with van der Waals surface area (Å²) in [5.41, 5.74) is 3.24. The number of nitrogens with one attached hydrogen (secondary N) is 1. The highest BCUT2D eigenvalue weighted by molar-refractivity contribution is 7.89. The maximum absolute atomic E-state index is 12.7. The van der Waals surface area contributed by atoms with Gasteiger partial charge in [0.2, 0.25) is 10.0 Å². The van der Waals surface area contributed by atoms with Crippen molar-refractivity contribution in [3.63, 3.8) is 0 Å². The van der Waals surface area contributed by atoms with Gasteiger partial charge in [-0.25, -0.2) is 13.8 Å². The van der Waals surface area contributed by atoms with Gasteiger partial charge in [-0.05, 0) is 43.2 Å². The lowest BCUT2D eigenvalue weighted by molar-refractivity contribution is 0.0955. The van der Waals surface area contributed by atoms with Crippen LogP contribution in [-0.4, -0.2) is 52.2 Å². The fraction of sp³-hybridized carbons (Fsp3) is 0.300. The maximum Gasteiger partial charge on any atom is 0.271 e. The summed E-state index contributed by atoms with van der Waals surface area (Å²) < 4.78 is 37.3. The van der Waals surface area contributed by atoms with E-state index in [-0.39, 0.29) is 10.5 Å². The lowest BCUT2D eigenvalue weighted by atomic mass is 10.2. The van der Waals surface area contributed by atoms with Crippen LogP contribution >= 0.6 is 0 Å². The summed E-state index contributed by atoms with van der Waals surface area (Å²) in [4.78, 5) is 12.5. The van der Waals surface area contributed by atoms with Gasteiger partial charge < -0.3 is 9.47 Å². The fourth-order valence-corrected chi connectivity index (χ4v) is 4.68. The van der Waals surface area contributed by atoms with E-state index in [1.165, 1.54) is 36.9 Å². The summed E-state index contributed by atoms with van der Waals surface area (Å²) >= 11 is 0. The topological polar surface area (TPSA) is 97.3 Å². The zero-order valence-electron chi connectivity index (χ0n) is 16.3. The molecule has 1 saturated heterocycles. The highest BCUT2D eigenvalue weighted by Crippen LogP contribution is 2.29. The lowest BCUT2D eigenvalue weighted by Crippen LogP contribution is -2.28. The van der Waals surface area contributed by atoms with Crippen molar-refractivity contribution >= 4 is 22.1 Å². The van der Waals surface area contributed by atoms with Gasteiger partial charge in [0.25, 0.3) is 5.91 Å². The molecule has 0 atom stereocenters. The average Bonchev–Trinajstić information content (AvgIpc) is 3.29. The molecule has 0 spiro atoms. The van der Waals surface area contributed by atoms with Gasteiger partial charge in [0.15, 0.2) is 11.5 Å². The van der Waals surface area contributed by atoms with E-state index < -0.39 is 15.9 Å². The van der Waals surface area contributed by atoms with Crippen LogP contribution in [0.25, 0.3) is 0 Å². The third-order valence-corrected chi connectivity index (χ3v) is 6.50. The Balaban J connectivity index is 1.74. The molecule has 8 nitrogen and oxygen atoms in total. The van der Waals surface area contributed by atoms with Gasteiger partial charge in [-0.2, -0.15) is 9.41 Å². The summed E-state index contributed by atoms with van der Waals surface area (Å²) in [6.45, 7) is 1.01. The Kier molecular flexibility index (Phi) is 6.50. The second-order valence-corrected chi connectivity index (χ2v) is 8.36. The molecule has 3 rings (SSSR count). The largest absolute Gasteiger partial charge is 0.493 e. The van der Waals surface area contributed by atoms with Crippen molar-refractivity contribution in [2.75, 3.05) is 27.3 Å². The number of sulfonamides is 1. The van der Waals surface area contributed by atoms with Crippen molar-refractivity contribution in [2.24, 2.45) is 5.10 Å². The molecule has 0 saturated carbocycles. The summed E-state index contributed by atoms with van der Waals surface area (Å²) in [6.07, 6.45) is 3.13. The predicted octanol–water partition coefficient (Wildman–Crippen LogP) is 2.25. The van der Waals surface area contributed by atoms with E-state index in [1.54, 1.807) is 30.3 Å². The first-order valence-corrected chi connectivity index (χ1v) is 10.6. The third kappa shape index (κ3) is 4.57. The van der Waals surface area contributed by atoms with Crippen molar-refractivity contribution < 1.29 is 22.7 Å². The minimum atomic E-state index is -3.59. The molecule has 1 fully saturated rings. The standard InChI is InChI=1S/C20H23N3O5S/c1-27-18-10-6-8-16(19(18)28-2)14-21-22-20(24)15-7-5-9-17(13-15)29(25,26)23-11-3-4-12-23/h5-10,13-14H,3-4,11-12H2,1-2H3,(H,22,24)/b21-14-. The van der Waals surface area contributed by atoms with Crippen LogP contribution in [-0.2, 0) is 10.0 Å². The van der Waals surface area contributed by atoms with Gasteiger partial charge in [-0.1, -0.05) is 12.1 Å². The molecule has 0 unspecified atom stereocenters. The van der Waals surface area contributed by atoms with Crippen LogP contribution in [0.15, 0.2) is 52.5 Å². The number of para-hydroxylation sites is 1. The van der Waals surface area contributed by atoms with E-state index in [2.05, 4.69) is 10.5 Å².